The summed E-state index contributed by atoms with van der Waals surface area (Å²) in [4.78, 5) is 25.1. The van der Waals surface area contributed by atoms with Crippen LogP contribution in [0.15, 0.2) is 0 Å². The molecule has 7 nitrogen and oxygen atoms in total. The van der Waals surface area contributed by atoms with Crippen LogP contribution in [-0.2, 0) is 4.79 Å². The predicted octanol–water partition coefficient (Wildman–Crippen LogP) is -0.0527. The first-order chi connectivity index (χ1) is 8.70. The first-order valence-electron chi connectivity index (χ1n) is 6.43. The largest absolute Gasteiger partial charge is 0.480 e. The molecule has 1 atom stereocenters. The van der Waals surface area contributed by atoms with Crippen LogP contribution >= 0.6 is 0 Å². The summed E-state index contributed by atoms with van der Waals surface area (Å²) < 4.78 is 0. The number of hydrazine groups is 1. The Morgan fingerprint density at radius 1 is 1.16 bits per heavy atom. The van der Waals surface area contributed by atoms with Gasteiger partial charge in [0.2, 0.25) is 0 Å². The summed E-state index contributed by atoms with van der Waals surface area (Å²) in [7, 11) is 2.03. The van der Waals surface area contributed by atoms with Crippen molar-refractivity contribution in [2.75, 3.05) is 33.2 Å². The molecule has 1 aliphatic rings. The van der Waals surface area contributed by atoms with E-state index in [1.54, 1.807) is 25.8 Å². The molecule has 3 N–H and O–H groups in total. The van der Waals surface area contributed by atoms with E-state index in [9.17, 15) is 9.59 Å². The van der Waals surface area contributed by atoms with Gasteiger partial charge < -0.3 is 15.3 Å². The van der Waals surface area contributed by atoms with Gasteiger partial charge in [-0.2, -0.15) is 0 Å². The molecule has 0 aromatic rings. The van der Waals surface area contributed by atoms with Crippen molar-refractivity contribution in [2.24, 2.45) is 5.41 Å². The van der Waals surface area contributed by atoms with Gasteiger partial charge in [0.05, 0.1) is 0 Å². The van der Waals surface area contributed by atoms with Crippen LogP contribution in [0.1, 0.15) is 20.8 Å². The standard InChI is InChI=1S/C12H24N4O3/c1-12(2,3)9(10(17)18)13-11(19)14-16-7-5-15(4)6-8-16/h9H,5-8H2,1-4H3,(H,17,18)(H2,13,14,19). The number of piperazine rings is 1. The summed E-state index contributed by atoms with van der Waals surface area (Å²) in [6.07, 6.45) is 0. The number of urea groups is 1. The molecule has 0 saturated carbocycles. The molecule has 0 bridgehead atoms. The second-order valence-electron chi connectivity index (χ2n) is 6.01. The van der Waals surface area contributed by atoms with Crippen LogP contribution in [-0.4, -0.2) is 66.3 Å². The Balaban J connectivity index is 2.47. The molecule has 1 heterocycles. The molecule has 1 fully saturated rings. The third-order valence-corrected chi connectivity index (χ3v) is 3.15. The zero-order valence-corrected chi connectivity index (χ0v) is 12.1. The highest BCUT2D eigenvalue weighted by molar-refractivity contribution is 5.82. The number of hydrogen-bond acceptors (Lipinski definition) is 4. The summed E-state index contributed by atoms with van der Waals surface area (Å²) in [5, 5.41) is 13.4. The maximum atomic E-state index is 11.8. The van der Waals surface area contributed by atoms with E-state index in [0.717, 1.165) is 26.2 Å². The zero-order valence-electron chi connectivity index (χ0n) is 12.1. The molecule has 0 aliphatic carbocycles. The van der Waals surface area contributed by atoms with Gasteiger partial charge in [0.25, 0.3) is 0 Å². The molecule has 7 heteroatoms. The monoisotopic (exact) mass is 272 g/mol. The highest BCUT2D eigenvalue weighted by Crippen LogP contribution is 2.19. The van der Waals surface area contributed by atoms with Crippen LogP contribution in [0, 0.1) is 5.41 Å². The summed E-state index contributed by atoms with van der Waals surface area (Å²) >= 11 is 0. The summed E-state index contributed by atoms with van der Waals surface area (Å²) in [6.45, 7) is 8.56. The highest BCUT2D eigenvalue weighted by atomic mass is 16.4. The minimum Gasteiger partial charge on any atom is -0.480 e. The average molecular weight is 272 g/mol. The van der Waals surface area contributed by atoms with Crippen LogP contribution in [0.25, 0.3) is 0 Å². The van der Waals surface area contributed by atoms with E-state index in [1.807, 2.05) is 7.05 Å². The van der Waals surface area contributed by atoms with Gasteiger partial charge in [-0.3, -0.25) is 5.43 Å². The quantitative estimate of drug-likeness (QED) is 0.670. The third-order valence-electron chi connectivity index (χ3n) is 3.15. The normalized spacial score (nSPS) is 19.8. The lowest BCUT2D eigenvalue weighted by Crippen LogP contribution is -2.58. The molecule has 0 spiro atoms. The van der Waals surface area contributed by atoms with E-state index in [1.165, 1.54) is 0 Å². The van der Waals surface area contributed by atoms with Crippen molar-refractivity contribution in [3.05, 3.63) is 0 Å². The Kier molecular flexibility index (Phi) is 5.13. The zero-order chi connectivity index (χ0) is 14.6. The fourth-order valence-corrected chi connectivity index (χ4v) is 1.87. The summed E-state index contributed by atoms with van der Waals surface area (Å²) in [5.41, 5.74) is 2.15. The molecule has 110 valence electrons. The van der Waals surface area contributed by atoms with E-state index in [0.29, 0.717) is 0 Å². The van der Waals surface area contributed by atoms with Crippen LogP contribution in [0.3, 0.4) is 0 Å². The van der Waals surface area contributed by atoms with Gasteiger partial charge in [-0.25, -0.2) is 14.6 Å². The number of carbonyl (C=O) groups excluding carboxylic acids is 1. The Bertz CT molecular complexity index is 332. The SMILES string of the molecule is CN1CCN(NC(=O)NC(C(=O)O)C(C)(C)C)CC1. The van der Waals surface area contributed by atoms with Gasteiger partial charge in [0.15, 0.2) is 0 Å². The molecule has 19 heavy (non-hydrogen) atoms. The second kappa shape index (κ2) is 6.21. The van der Waals surface area contributed by atoms with Crippen molar-refractivity contribution in [3.8, 4) is 0 Å². The lowest BCUT2D eigenvalue weighted by molar-refractivity contribution is -0.141. The lowest BCUT2D eigenvalue weighted by atomic mass is 9.87. The number of rotatable bonds is 3. The lowest BCUT2D eigenvalue weighted by Gasteiger charge is -2.33. The van der Waals surface area contributed by atoms with Gasteiger partial charge in [-0.1, -0.05) is 20.8 Å². The van der Waals surface area contributed by atoms with Crippen LogP contribution in [0.2, 0.25) is 0 Å². The maximum absolute atomic E-state index is 11.8. The molecular weight excluding hydrogens is 248 g/mol. The third kappa shape index (κ3) is 5.04. The minimum atomic E-state index is -1.03. The number of nitrogens with one attached hydrogen (secondary N) is 2. The van der Waals surface area contributed by atoms with Gasteiger partial charge in [-0.05, 0) is 12.5 Å². The smallest absolute Gasteiger partial charge is 0.330 e. The van der Waals surface area contributed by atoms with E-state index in [-0.39, 0.29) is 0 Å². The molecule has 2 amide bonds. The van der Waals surface area contributed by atoms with Crippen LogP contribution in [0.4, 0.5) is 4.79 Å². The van der Waals surface area contributed by atoms with Gasteiger partial charge in [0, 0.05) is 26.2 Å². The number of hydrogen-bond donors (Lipinski definition) is 3. The molecule has 0 aromatic heterocycles. The van der Waals surface area contributed by atoms with Crippen molar-refractivity contribution in [2.45, 2.75) is 26.8 Å². The molecular formula is C12H24N4O3. The summed E-state index contributed by atoms with van der Waals surface area (Å²) in [6, 6.07) is -1.38. The highest BCUT2D eigenvalue weighted by Gasteiger charge is 2.33. The number of carboxylic acid groups (broad SMARTS) is 1. The van der Waals surface area contributed by atoms with Crippen molar-refractivity contribution >= 4 is 12.0 Å². The Labute approximate surface area is 113 Å². The van der Waals surface area contributed by atoms with Gasteiger partial charge in [-0.15, -0.1) is 0 Å². The van der Waals surface area contributed by atoms with Crippen molar-refractivity contribution in [1.29, 1.82) is 0 Å². The van der Waals surface area contributed by atoms with E-state index in [2.05, 4.69) is 15.6 Å². The van der Waals surface area contributed by atoms with E-state index >= 15 is 0 Å². The van der Waals surface area contributed by atoms with Crippen LogP contribution < -0.4 is 10.7 Å². The fourth-order valence-electron chi connectivity index (χ4n) is 1.87. The fraction of sp³-hybridized carbons (Fsp3) is 0.833. The van der Waals surface area contributed by atoms with Gasteiger partial charge >= 0.3 is 12.0 Å². The maximum Gasteiger partial charge on any atom is 0.330 e. The Morgan fingerprint density at radius 2 is 1.68 bits per heavy atom. The Morgan fingerprint density at radius 3 is 2.11 bits per heavy atom. The molecule has 1 saturated heterocycles. The number of carboxylic acids is 1. The molecule has 1 rings (SSSR count). The minimum absolute atomic E-state index is 0.466. The predicted molar refractivity (Wildman–Crippen MR) is 71.6 cm³/mol. The molecule has 1 unspecified atom stereocenters. The van der Waals surface area contributed by atoms with Crippen molar-refractivity contribution < 1.29 is 14.7 Å². The topological polar surface area (TPSA) is 84.9 Å². The van der Waals surface area contributed by atoms with Crippen LogP contribution in [0.5, 0.6) is 0 Å². The molecule has 1 aliphatic heterocycles. The number of likely N-dealkylation sites (N-methyl/N-ethyl adjacent to an activating group) is 1. The number of nitrogens with zero attached hydrogens (tertiary/aromatic N) is 2. The first kappa shape index (κ1) is 15.7. The number of amides is 2. The Hall–Kier alpha value is -1.34. The number of carbonyl (C=O) groups is 2. The number of aliphatic carboxylic acids is 1. The average Bonchev–Trinajstić information content (AvgIpc) is 2.27. The van der Waals surface area contributed by atoms with Crippen molar-refractivity contribution in [3.63, 3.8) is 0 Å². The van der Waals surface area contributed by atoms with Gasteiger partial charge in [0.1, 0.15) is 6.04 Å². The first-order valence-corrected chi connectivity index (χ1v) is 6.43. The molecule has 0 radical (unpaired) electrons. The van der Waals surface area contributed by atoms with E-state index < -0.39 is 23.5 Å². The van der Waals surface area contributed by atoms with E-state index in [4.69, 9.17) is 5.11 Å². The van der Waals surface area contributed by atoms with Crippen molar-refractivity contribution in [1.82, 2.24) is 20.7 Å². The second-order valence-corrected chi connectivity index (χ2v) is 6.01. The molecule has 0 aromatic carbocycles. The summed E-state index contributed by atoms with van der Waals surface area (Å²) in [5.74, 6) is -1.03.